The number of amidine groups is 1. The number of unbranched alkanes of at least 4 members (excludes halogenated alkanes) is 1. The van der Waals surface area contributed by atoms with E-state index in [0.29, 0.717) is 42.9 Å². The molecule has 0 saturated heterocycles. The second-order valence-electron chi connectivity index (χ2n) is 7.43. The first-order valence-electron chi connectivity index (χ1n) is 10.1. The number of esters is 1. The monoisotopic (exact) mass is 409 g/mol. The minimum Gasteiger partial charge on any atom is -0.493 e. The van der Waals surface area contributed by atoms with Gasteiger partial charge in [0.05, 0.1) is 19.6 Å². The van der Waals surface area contributed by atoms with Crippen LogP contribution in [0.5, 0.6) is 5.75 Å². The van der Waals surface area contributed by atoms with Gasteiger partial charge in [-0.3, -0.25) is 15.0 Å². The number of carbonyl (C=O) groups is 2. The highest BCUT2D eigenvalue weighted by molar-refractivity contribution is 6.05. The van der Waals surface area contributed by atoms with Crippen LogP contribution in [0.3, 0.4) is 0 Å². The lowest BCUT2D eigenvalue weighted by Crippen LogP contribution is -2.24. The quantitative estimate of drug-likeness (QED) is 0.267. The Kier molecular flexibility index (Phi) is 7.06. The van der Waals surface area contributed by atoms with Gasteiger partial charge < -0.3 is 20.5 Å². The first-order chi connectivity index (χ1) is 14.5. The Hall–Kier alpha value is -3.35. The summed E-state index contributed by atoms with van der Waals surface area (Å²) in [5, 5.41) is 10.3. The number of nitrogens with one attached hydrogen (secondary N) is 2. The number of benzene rings is 2. The van der Waals surface area contributed by atoms with Crippen LogP contribution >= 0.6 is 0 Å². The van der Waals surface area contributed by atoms with Crippen LogP contribution in [0.4, 0.5) is 5.69 Å². The van der Waals surface area contributed by atoms with Gasteiger partial charge in [-0.2, -0.15) is 0 Å². The standard InChI is InChI=1S/C23H27N3O4/c1-2-3-10-29-21(27)12-15-11-18-13-19(8-9-20(18)30-14-15)26-23(28)17-6-4-16(5-7-17)22(24)25/h4-9,13,15H,2-3,10-12,14H2,1H3,(H3,24,25)(H,26,28). The van der Waals surface area contributed by atoms with Crippen molar-refractivity contribution in [3.05, 3.63) is 59.2 Å². The molecule has 0 fully saturated rings. The second-order valence-corrected chi connectivity index (χ2v) is 7.43. The van der Waals surface area contributed by atoms with Gasteiger partial charge in [0.25, 0.3) is 5.91 Å². The molecular formula is C23H27N3O4. The fourth-order valence-corrected chi connectivity index (χ4v) is 3.30. The summed E-state index contributed by atoms with van der Waals surface area (Å²) >= 11 is 0. The first-order valence-corrected chi connectivity index (χ1v) is 10.1. The smallest absolute Gasteiger partial charge is 0.306 e. The summed E-state index contributed by atoms with van der Waals surface area (Å²) in [6.45, 7) is 2.99. The molecule has 0 spiro atoms. The second kappa shape index (κ2) is 9.91. The van der Waals surface area contributed by atoms with E-state index in [1.165, 1.54) is 0 Å². The molecule has 1 atom stereocenters. The largest absolute Gasteiger partial charge is 0.493 e. The maximum atomic E-state index is 12.5. The average molecular weight is 409 g/mol. The minimum atomic E-state index is -0.252. The van der Waals surface area contributed by atoms with Crippen molar-refractivity contribution >= 4 is 23.4 Å². The zero-order valence-corrected chi connectivity index (χ0v) is 17.1. The van der Waals surface area contributed by atoms with Crippen molar-refractivity contribution in [3.8, 4) is 5.75 Å². The summed E-state index contributed by atoms with van der Waals surface area (Å²) in [4.78, 5) is 24.5. The normalized spacial score (nSPS) is 14.9. The van der Waals surface area contributed by atoms with Crippen molar-refractivity contribution in [3.63, 3.8) is 0 Å². The number of fused-ring (bicyclic) bond motifs is 1. The SMILES string of the molecule is CCCCOC(=O)CC1COc2ccc(NC(=O)c3ccc(C(=N)N)cc3)cc2C1. The van der Waals surface area contributed by atoms with Crippen molar-refractivity contribution in [2.24, 2.45) is 11.7 Å². The molecule has 7 nitrogen and oxygen atoms in total. The maximum Gasteiger partial charge on any atom is 0.306 e. The van der Waals surface area contributed by atoms with Crippen LogP contribution < -0.4 is 15.8 Å². The van der Waals surface area contributed by atoms with E-state index < -0.39 is 0 Å². The van der Waals surface area contributed by atoms with Crippen LogP contribution in [0.1, 0.15) is 47.7 Å². The number of hydrogen-bond donors (Lipinski definition) is 3. The van der Waals surface area contributed by atoms with Gasteiger partial charge in [-0.05, 0) is 48.7 Å². The minimum absolute atomic E-state index is 0.0413. The molecule has 1 heterocycles. The molecule has 1 aliphatic rings. The number of nitrogen functional groups attached to an aromatic ring is 1. The van der Waals surface area contributed by atoms with Crippen molar-refractivity contribution in [2.45, 2.75) is 32.6 Å². The molecule has 1 unspecified atom stereocenters. The van der Waals surface area contributed by atoms with E-state index in [0.717, 1.165) is 24.2 Å². The third-order valence-corrected chi connectivity index (χ3v) is 4.98. The highest BCUT2D eigenvalue weighted by Crippen LogP contribution is 2.31. The Bertz CT molecular complexity index is 925. The molecule has 0 saturated carbocycles. The highest BCUT2D eigenvalue weighted by Gasteiger charge is 2.23. The van der Waals surface area contributed by atoms with Crippen molar-refractivity contribution in [1.29, 1.82) is 5.41 Å². The molecule has 2 aromatic carbocycles. The summed E-state index contributed by atoms with van der Waals surface area (Å²) < 4.78 is 11.0. The van der Waals surface area contributed by atoms with Gasteiger partial charge >= 0.3 is 5.97 Å². The fourth-order valence-electron chi connectivity index (χ4n) is 3.30. The third kappa shape index (κ3) is 5.59. The summed E-state index contributed by atoms with van der Waals surface area (Å²) in [5.41, 5.74) is 8.09. The molecule has 0 aromatic heterocycles. The Morgan fingerprint density at radius 3 is 2.63 bits per heavy atom. The van der Waals surface area contributed by atoms with E-state index >= 15 is 0 Å². The predicted octanol–water partition coefficient (Wildman–Crippen LogP) is 3.51. The number of rotatable bonds is 8. The molecule has 1 aliphatic heterocycles. The van der Waals surface area contributed by atoms with Crippen LogP contribution in [-0.2, 0) is 16.0 Å². The Labute approximate surface area is 176 Å². The van der Waals surface area contributed by atoms with Gasteiger partial charge in [0.2, 0.25) is 0 Å². The van der Waals surface area contributed by atoms with Crippen LogP contribution in [0.25, 0.3) is 0 Å². The number of anilines is 1. The molecule has 0 bridgehead atoms. The molecule has 0 radical (unpaired) electrons. The van der Waals surface area contributed by atoms with Crippen LogP contribution in [0.2, 0.25) is 0 Å². The summed E-state index contributed by atoms with van der Waals surface area (Å²) in [6.07, 6.45) is 2.87. The lowest BCUT2D eigenvalue weighted by molar-refractivity contribution is -0.145. The Balaban J connectivity index is 1.61. The fraction of sp³-hybridized carbons (Fsp3) is 0.348. The van der Waals surface area contributed by atoms with Crippen molar-refractivity contribution in [1.82, 2.24) is 0 Å². The Morgan fingerprint density at radius 2 is 1.93 bits per heavy atom. The number of carbonyl (C=O) groups excluding carboxylic acids is 2. The van der Waals surface area contributed by atoms with E-state index in [-0.39, 0.29) is 23.6 Å². The number of ether oxygens (including phenoxy) is 2. The van der Waals surface area contributed by atoms with E-state index in [9.17, 15) is 9.59 Å². The lowest BCUT2D eigenvalue weighted by atomic mass is 9.93. The van der Waals surface area contributed by atoms with Gasteiger partial charge in [0.15, 0.2) is 0 Å². The number of amides is 1. The topological polar surface area (TPSA) is 114 Å². The average Bonchev–Trinajstić information content (AvgIpc) is 2.73. The summed E-state index contributed by atoms with van der Waals surface area (Å²) in [7, 11) is 0. The molecule has 7 heteroatoms. The van der Waals surface area contributed by atoms with Gasteiger partial charge in [-0.15, -0.1) is 0 Å². The van der Waals surface area contributed by atoms with E-state index in [1.807, 2.05) is 12.1 Å². The first kappa shape index (κ1) is 21.4. The lowest BCUT2D eigenvalue weighted by Gasteiger charge is -2.25. The molecule has 3 rings (SSSR count). The zero-order chi connectivity index (χ0) is 21.5. The van der Waals surface area contributed by atoms with E-state index in [4.69, 9.17) is 20.6 Å². The highest BCUT2D eigenvalue weighted by atomic mass is 16.5. The molecule has 2 aromatic rings. The molecular weight excluding hydrogens is 382 g/mol. The maximum absolute atomic E-state index is 12.5. The van der Waals surface area contributed by atoms with Crippen molar-refractivity contribution < 1.29 is 19.1 Å². The van der Waals surface area contributed by atoms with Gasteiger partial charge in [-0.1, -0.05) is 25.5 Å². The third-order valence-electron chi connectivity index (χ3n) is 4.98. The number of hydrogen-bond acceptors (Lipinski definition) is 5. The molecule has 1 amide bonds. The van der Waals surface area contributed by atoms with Gasteiger partial charge in [0.1, 0.15) is 11.6 Å². The zero-order valence-electron chi connectivity index (χ0n) is 17.1. The Morgan fingerprint density at radius 1 is 1.20 bits per heavy atom. The number of nitrogens with two attached hydrogens (primary N) is 1. The summed E-state index contributed by atoms with van der Waals surface area (Å²) in [6, 6.07) is 12.1. The van der Waals surface area contributed by atoms with Gasteiger partial charge in [0, 0.05) is 22.7 Å². The predicted molar refractivity (Wildman–Crippen MR) is 115 cm³/mol. The van der Waals surface area contributed by atoms with Gasteiger partial charge in [-0.25, -0.2) is 0 Å². The van der Waals surface area contributed by atoms with Crippen LogP contribution in [-0.4, -0.2) is 30.9 Å². The van der Waals surface area contributed by atoms with E-state index in [2.05, 4.69) is 12.2 Å². The molecule has 4 N–H and O–H groups in total. The molecule has 0 aliphatic carbocycles. The molecule has 158 valence electrons. The van der Waals surface area contributed by atoms with Crippen molar-refractivity contribution in [2.75, 3.05) is 18.5 Å². The van der Waals surface area contributed by atoms with Crippen LogP contribution in [0, 0.1) is 11.3 Å². The van der Waals surface area contributed by atoms with Crippen LogP contribution in [0.15, 0.2) is 42.5 Å². The summed E-state index contributed by atoms with van der Waals surface area (Å²) in [5.74, 6) is 0.336. The molecule has 30 heavy (non-hydrogen) atoms. The van der Waals surface area contributed by atoms with E-state index in [1.54, 1.807) is 30.3 Å².